The predicted octanol–water partition coefficient (Wildman–Crippen LogP) is 1.72. The highest BCUT2D eigenvalue weighted by atomic mass is 35.5. The highest BCUT2D eigenvalue weighted by Crippen LogP contribution is 2.18. The van der Waals surface area contributed by atoms with E-state index >= 15 is 0 Å². The lowest BCUT2D eigenvalue weighted by molar-refractivity contribution is -0.137. The van der Waals surface area contributed by atoms with E-state index < -0.39 is 16.5 Å². The van der Waals surface area contributed by atoms with Gasteiger partial charge in [-0.05, 0) is 0 Å². The van der Waals surface area contributed by atoms with Crippen LogP contribution in [0.25, 0.3) is 0 Å². The summed E-state index contributed by atoms with van der Waals surface area (Å²) in [6, 6.07) is 0. The fraction of sp³-hybridized carbons (Fsp3) is 0.667. The summed E-state index contributed by atoms with van der Waals surface area (Å²) >= 11 is 16.1. The van der Waals surface area contributed by atoms with Crippen LogP contribution in [0.5, 0.6) is 0 Å². The molecular weight excluding hydrogens is 240 g/mol. The molecule has 0 saturated carbocycles. The number of likely N-dealkylation sites (tertiary alicyclic amines) is 1. The van der Waals surface area contributed by atoms with Crippen molar-refractivity contribution < 1.29 is 14.3 Å². The van der Waals surface area contributed by atoms with E-state index in [0.717, 1.165) is 4.90 Å². The highest BCUT2D eigenvalue weighted by Gasteiger charge is 2.33. The third-order valence-corrected chi connectivity index (χ3v) is 2.54. The van der Waals surface area contributed by atoms with E-state index in [1.54, 1.807) is 0 Å². The fourth-order valence-corrected chi connectivity index (χ4v) is 0.898. The number of rotatable bonds is 2. The zero-order valence-corrected chi connectivity index (χ0v) is 8.64. The Morgan fingerprint density at radius 2 is 2.08 bits per heavy atom. The number of carbonyl (C=O) groups is 2. The molecule has 0 aromatic heterocycles. The molecule has 1 unspecified atom stereocenters. The van der Waals surface area contributed by atoms with Gasteiger partial charge in [-0.1, -0.05) is 34.8 Å². The standard InChI is InChI=1S/C6H6Cl3NO3/c7-4(8)5(9)13-6(12)10-2-1-3(10)11/h4-5H,1-2H2. The van der Waals surface area contributed by atoms with E-state index in [1.165, 1.54) is 0 Å². The van der Waals surface area contributed by atoms with Crippen molar-refractivity contribution in [3.8, 4) is 0 Å². The summed E-state index contributed by atoms with van der Waals surface area (Å²) in [6.07, 6.45) is -0.449. The molecule has 1 heterocycles. The molecule has 0 bridgehead atoms. The minimum atomic E-state index is -1.13. The molecule has 74 valence electrons. The summed E-state index contributed by atoms with van der Waals surface area (Å²) in [5, 5.41) is 0. The van der Waals surface area contributed by atoms with Crippen LogP contribution in [0.4, 0.5) is 4.79 Å². The predicted molar refractivity (Wildman–Crippen MR) is 47.9 cm³/mol. The van der Waals surface area contributed by atoms with E-state index in [2.05, 4.69) is 4.74 Å². The third-order valence-electron chi connectivity index (χ3n) is 1.48. The number of amides is 2. The van der Waals surface area contributed by atoms with Crippen LogP contribution >= 0.6 is 34.8 Å². The first-order valence-electron chi connectivity index (χ1n) is 3.45. The van der Waals surface area contributed by atoms with Crippen LogP contribution in [-0.4, -0.2) is 33.8 Å². The number of nitrogens with zero attached hydrogens (tertiary/aromatic N) is 1. The summed E-state index contributed by atoms with van der Waals surface area (Å²) in [5.41, 5.74) is -1.13. The van der Waals surface area contributed by atoms with Crippen molar-refractivity contribution in [2.75, 3.05) is 6.54 Å². The van der Waals surface area contributed by atoms with Gasteiger partial charge in [0.1, 0.15) is 0 Å². The Hall–Kier alpha value is -0.190. The Labute approximate surface area is 89.7 Å². The van der Waals surface area contributed by atoms with Gasteiger partial charge in [-0.2, -0.15) is 0 Å². The normalized spacial score (nSPS) is 18.5. The Morgan fingerprint density at radius 1 is 1.46 bits per heavy atom. The quantitative estimate of drug-likeness (QED) is 0.550. The number of alkyl halides is 3. The maximum Gasteiger partial charge on any atom is 0.418 e. The number of halogens is 3. The third kappa shape index (κ3) is 2.62. The number of hydrogen-bond acceptors (Lipinski definition) is 3. The topological polar surface area (TPSA) is 46.6 Å². The summed E-state index contributed by atoms with van der Waals surface area (Å²) < 4.78 is 4.55. The second kappa shape index (κ2) is 4.35. The average molecular weight is 246 g/mol. The molecule has 1 aliphatic rings. The van der Waals surface area contributed by atoms with Crippen LogP contribution in [0.1, 0.15) is 6.42 Å². The SMILES string of the molecule is O=C1CCN1C(=O)OC(Cl)C(Cl)Cl. The van der Waals surface area contributed by atoms with Crippen LogP contribution < -0.4 is 0 Å². The van der Waals surface area contributed by atoms with Gasteiger partial charge in [0.2, 0.25) is 11.5 Å². The van der Waals surface area contributed by atoms with Gasteiger partial charge in [0.15, 0.2) is 4.84 Å². The molecule has 0 spiro atoms. The number of hydrogen-bond donors (Lipinski definition) is 0. The molecule has 1 atom stereocenters. The number of ether oxygens (including phenoxy) is 1. The van der Waals surface area contributed by atoms with Crippen LogP contribution in [0.15, 0.2) is 0 Å². The number of imide groups is 1. The highest BCUT2D eigenvalue weighted by molar-refractivity contribution is 6.48. The van der Waals surface area contributed by atoms with Crippen LogP contribution in [0, 0.1) is 0 Å². The zero-order chi connectivity index (χ0) is 10.0. The van der Waals surface area contributed by atoms with Gasteiger partial charge < -0.3 is 4.74 Å². The molecular formula is C6H6Cl3NO3. The molecule has 0 N–H and O–H groups in total. The Morgan fingerprint density at radius 3 is 2.38 bits per heavy atom. The first-order valence-corrected chi connectivity index (χ1v) is 4.76. The molecule has 4 nitrogen and oxygen atoms in total. The second-order valence-electron chi connectivity index (χ2n) is 2.36. The van der Waals surface area contributed by atoms with Gasteiger partial charge in [0.25, 0.3) is 0 Å². The fourth-order valence-electron chi connectivity index (χ4n) is 0.719. The summed E-state index contributed by atoms with van der Waals surface area (Å²) in [5.74, 6) is -0.283. The van der Waals surface area contributed by atoms with Crippen molar-refractivity contribution in [1.29, 1.82) is 0 Å². The maximum absolute atomic E-state index is 11.0. The first kappa shape index (κ1) is 10.9. The monoisotopic (exact) mass is 245 g/mol. The van der Waals surface area contributed by atoms with Crippen molar-refractivity contribution >= 4 is 46.8 Å². The van der Waals surface area contributed by atoms with Gasteiger partial charge >= 0.3 is 6.09 Å². The first-order chi connectivity index (χ1) is 6.02. The largest absolute Gasteiger partial charge is 0.426 e. The van der Waals surface area contributed by atoms with Crippen LogP contribution in [0.3, 0.4) is 0 Å². The molecule has 0 aliphatic carbocycles. The molecule has 1 saturated heterocycles. The van der Waals surface area contributed by atoms with Crippen LogP contribution in [-0.2, 0) is 9.53 Å². The average Bonchev–Trinajstić information content (AvgIpc) is 2.01. The van der Waals surface area contributed by atoms with Crippen molar-refractivity contribution in [2.45, 2.75) is 16.8 Å². The molecule has 2 amide bonds. The van der Waals surface area contributed by atoms with E-state index in [0.29, 0.717) is 13.0 Å². The second-order valence-corrected chi connectivity index (χ2v) is 3.96. The molecule has 1 rings (SSSR count). The molecule has 7 heteroatoms. The zero-order valence-electron chi connectivity index (χ0n) is 6.37. The lowest BCUT2D eigenvalue weighted by Gasteiger charge is -2.28. The summed E-state index contributed by atoms with van der Waals surface area (Å²) in [7, 11) is 0. The van der Waals surface area contributed by atoms with Crippen molar-refractivity contribution in [3.63, 3.8) is 0 Å². The molecule has 1 fully saturated rings. The summed E-state index contributed by atoms with van der Waals surface area (Å²) in [6.45, 7) is 0.358. The van der Waals surface area contributed by atoms with E-state index in [1.807, 2.05) is 0 Å². The molecule has 0 aromatic carbocycles. The number of β-lactam (4-membered cyclic amide) rings is 1. The van der Waals surface area contributed by atoms with Gasteiger partial charge in [-0.15, -0.1) is 0 Å². The lowest BCUT2D eigenvalue weighted by atomic mass is 10.2. The Bertz CT molecular complexity index is 233. The Kier molecular flexibility index (Phi) is 3.64. The van der Waals surface area contributed by atoms with Crippen molar-refractivity contribution in [1.82, 2.24) is 4.90 Å². The van der Waals surface area contributed by atoms with Gasteiger partial charge in [0.05, 0.1) is 0 Å². The van der Waals surface area contributed by atoms with E-state index in [-0.39, 0.29) is 5.91 Å². The molecule has 0 aromatic rings. The minimum absolute atomic E-state index is 0.283. The molecule has 13 heavy (non-hydrogen) atoms. The van der Waals surface area contributed by atoms with Gasteiger partial charge in [-0.25, -0.2) is 9.69 Å². The van der Waals surface area contributed by atoms with Gasteiger partial charge in [0, 0.05) is 13.0 Å². The molecule has 1 aliphatic heterocycles. The number of carbonyl (C=O) groups excluding carboxylic acids is 2. The van der Waals surface area contributed by atoms with E-state index in [4.69, 9.17) is 34.8 Å². The van der Waals surface area contributed by atoms with Crippen molar-refractivity contribution in [2.24, 2.45) is 0 Å². The minimum Gasteiger partial charge on any atom is -0.426 e. The Balaban J connectivity index is 2.37. The van der Waals surface area contributed by atoms with E-state index in [9.17, 15) is 9.59 Å². The lowest BCUT2D eigenvalue weighted by Crippen LogP contribution is -2.48. The van der Waals surface area contributed by atoms with Gasteiger partial charge in [-0.3, -0.25) is 4.79 Å². The van der Waals surface area contributed by atoms with Crippen molar-refractivity contribution in [3.05, 3.63) is 0 Å². The maximum atomic E-state index is 11.0. The smallest absolute Gasteiger partial charge is 0.418 e. The summed E-state index contributed by atoms with van der Waals surface area (Å²) in [4.78, 5) is 21.7. The molecule has 0 radical (unpaired) electrons. The van der Waals surface area contributed by atoms with Crippen LogP contribution in [0.2, 0.25) is 0 Å².